The van der Waals surface area contributed by atoms with Crippen LogP contribution in [0.2, 0.25) is 10.0 Å². The number of carbonyl (C=O) groups excluding carboxylic acids is 3. The smallest absolute Gasteiger partial charge is 0.318 e. The van der Waals surface area contributed by atoms with Gasteiger partial charge < -0.3 is 49.4 Å². The Balaban J connectivity index is 0.692. The maximum Gasteiger partial charge on any atom is 0.318 e. The molecule has 0 radical (unpaired) electrons. The fraction of sp³-hybridized carbons (Fsp3) is 0.441. The number of methoxy groups -OCH3 is 1. The summed E-state index contributed by atoms with van der Waals surface area (Å²) in [4.78, 5) is 59.4. The van der Waals surface area contributed by atoms with Crippen molar-refractivity contribution in [3.63, 3.8) is 0 Å². The number of phenolic OH excluding ortho intramolecular Hbond substituents is 1. The van der Waals surface area contributed by atoms with Crippen LogP contribution in [0.15, 0.2) is 104 Å². The molecule has 0 spiro atoms. The van der Waals surface area contributed by atoms with Gasteiger partial charge in [-0.05, 0) is 91.4 Å². The number of aromatic nitrogens is 2. The number of anilines is 2. The Labute approximate surface area is 528 Å². The number of nitrogens with one attached hydrogen (secondary N) is 2. The van der Waals surface area contributed by atoms with E-state index in [1.54, 1.807) is 35.2 Å². The first-order chi connectivity index (χ1) is 42.8. The number of carbonyl (C=O) groups is 3. The number of rotatable bonds is 22. The number of piperidine rings is 1. The molecule has 17 nitrogen and oxygen atoms in total. The van der Waals surface area contributed by atoms with E-state index < -0.39 is 46.2 Å². The van der Waals surface area contributed by atoms with Crippen LogP contribution in [0.4, 0.5) is 20.3 Å². The Bertz CT molecular complexity index is 3630. The van der Waals surface area contributed by atoms with Crippen LogP contribution < -0.4 is 29.9 Å². The summed E-state index contributed by atoms with van der Waals surface area (Å²) in [6.45, 7) is 18.7. The van der Waals surface area contributed by atoms with Crippen LogP contribution in [-0.2, 0) is 43.9 Å². The molecular weight excluding hydrogens is 1180 g/mol. The van der Waals surface area contributed by atoms with Crippen molar-refractivity contribution < 1.29 is 47.2 Å². The van der Waals surface area contributed by atoms with Crippen molar-refractivity contribution >= 4 is 63.1 Å². The van der Waals surface area contributed by atoms with Crippen LogP contribution in [0.25, 0.3) is 10.8 Å². The standard InChI is InChI=1S/C68H77Cl2F2N9O8/c1-7-60(84)79-26-28-80(29-27-79)64-50-21-25-81(56-37-47(82)33-43-11-8-9-12-49(43)56)40-55(50)75-66(77-64)89-42(2)39-78-23-19-48(20-24-78)88-32-31-87-30-22-74-65(85)45-16-15-44(58(35-45)86-6)34-57(83)63-61(51-13-10-14-53(70)62(51)72)68(41-73,59(76-63)38-67(3,4)5)52-18-17-46(69)36-54(52)71/h7-18,33,35-37,42,48,59,61,63,76,82H,1,19-32,34,38-40H2,2-6H3,(H,74,85)/t42-,59+,61?,63+,68+/m1/s1. The molecule has 3 saturated heterocycles. The molecule has 1 unspecified atom stereocenters. The SMILES string of the molecule is C=CC(=O)N1CCN(c2nc(O[C@H](C)CN3CCC(OCCOCCNC(=O)c4ccc(CC(=O)[C@@H]5N[C@@H](CC(C)(C)C)[C@](C#N)(c6ccc(Cl)cc6F)C5c5cccc(Cl)c5F)c(OC)c4)CC3)nc3c2CCN(c2cc(O)cc4ccccc24)C3)CC1. The van der Waals surface area contributed by atoms with Crippen LogP contribution in [0.5, 0.6) is 17.5 Å². The van der Waals surface area contributed by atoms with Gasteiger partial charge in [-0.3, -0.25) is 19.3 Å². The molecule has 470 valence electrons. The van der Waals surface area contributed by atoms with Crippen molar-refractivity contribution in [3.05, 3.63) is 159 Å². The molecule has 0 saturated carbocycles. The summed E-state index contributed by atoms with van der Waals surface area (Å²) >= 11 is 12.5. The Kier molecular flexibility index (Phi) is 20.4. The molecule has 1 aromatic heterocycles. The lowest BCUT2D eigenvalue weighted by atomic mass is 9.62. The number of Topliss-reactive ketones (excluding diaryl/α,β-unsaturated/α-hetero) is 1. The second-order valence-corrected chi connectivity index (χ2v) is 25.5. The van der Waals surface area contributed by atoms with E-state index >= 15 is 8.78 Å². The van der Waals surface area contributed by atoms with Crippen molar-refractivity contribution in [1.29, 1.82) is 5.26 Å². The molecule has 0 bridgehead atoms. The first kappa shape index (κ1) is 64.5. The van der Waals surface area contributed by atoms with E-state index in [-0.39, 0.29) is 81.8 Å². The quantitative estimate of drug-likeness (QED) is 0.0429. The topological polar surface area (TPSA) is 195 Å². The lowest BCUT2D eigenvalue weighted by Gasteiger charge is -2.38. The van der Waals surface area contributed by atoms with E-state index in [4.69, 9.17) is 52.1 Å². The Morgan fingerprint density at radius 3 is 2.44 bits per heavy atom. The van der Waals surface area contributed by atoms with E-state index in [1.165, 1.54) is 37.5 Å². The van der Waals surface area contributed by atoms with Gasteiger partial charge in [-0.15, -0.1) is 0 Å². The zero-order chi connectivity index (χ0) is 63.1. The van der Waals surface area contributed by atoms with Gasteiger partial charge in [0, 0.05) is 122 Å². The number of hydrogen-bond donors (Lipinski definition) is 3. The molecule has 5 aromatic carbocycles. The first-order valence-electron chi connectivity index (χ1n) is 30.4. The Morgan fingerprint density at radius 1 is 0.933 bits per heavy atom. The van der Waals surface area contributed by atoms with Crippen LogP contribution in [0.3, 0.4) is 0 Å². The first-order valence-corrected chi connectivity index (χ1v) is 31.2. The van der Waals surface area contributed by atoms with Gasteiger partial charge in [0.05, 0.1) is 62.4 Å². The highest BCUT2D eigenvalue weighted by molar-refractivity contribution is 6.31. The number of hydrogen-bond acceptors (Lipinski definition) is 15. The number of benzene rings is 5. The predicted molar refractivity (Wildman–Crippen MR) is 339 cm³/mol. The third kappa shape index (κ3) is 14.6. The third-order valence-electron chi connectivity index (χ3n) is 17.4. The van der Waals surface area contributed by atoms with Crippen LogP contribution in [0, 0.1) is 28.4 Å². The average molecular weight is 1260 g/mol. The molecular formula is C68H77Cl2F2N9O8. The van der Waals surface area contributed by atoms with Crippen molar-refractivity contribution in [3.8, 4) is 23.6 Å². The number of ketones is 1. The van der Waals surface area contributed by atoms with Gasteiger partial charge in [-0.2, -0.15) is 15.2 Å². The number of nitrogens with zero attached hydrogens (tertiary/aromatic N) is 7. The van der Waals surface area contributed by atoms with Crippen molar-refractivity contribution in [2.75, 3.05) is 95.6 Å². The lowest BCUT2D eigenvalue weighted by Crippen LogP contribution is -2.49. The second-order valence-electron chi connectivity index (χ2n) is 24.7. The fourth-order valence-corrected chi connectivity index (χ4v) is 13.5. The predicted octanol–water partition coefficient (Wildman–Crippen LogP) is 10.2. The molecule has 21 heteroatoms. The highest BCUT2D eigenvalue weighted by atomic mass is 35.5. The Morgan fingerprint density at radius 2 is 1.71 bits per heavy atom. The molecule has 2 amide bonds. The minimum Gasteiger partial charge on any atom is -0.508 e. The highest BCUT2D eigenvalue weighted by Gasteiger charge is 2.61. The number of phenols is 1. The summed E-state index contributed by atoms with van der Waals surface area (Å²) in [6.07, 6.45) is 3.68. The van der Waals surface area contributed by atoms with Crippen LogP contribution >= 0.6 is 23.2 Å². The summed E-state index contributed by atoms with van der Waals surface area (Å²) in [5, 5.41) is 30.1. The van der Waals surface area contributed by atoms with Gasteiger partial charge in [-0.1, -0.05) is 99.1 Å². The van der Waals surface area contributed by atoms with Gasteiger partial charge in [0.15, 0.2) is 5.78 Å². The number of fused-ring (bicyclic) bond motifs is 2. The molecule has 5 atom stereocenters. The number of piperazine rings is 1. The molecule has 4 aliphatic rings. The van der Waals surface area contributed by atoms with Gasteiger partial charge in [-0.25, -0.2) is 8.78 Å². The molecule has 3 N–H and O–H groups in total. The maximum atomic E-state index is 16.3. The summed E-state index contributed by atoms with van der Waals surface area (Å²) in [7, 11) is 1.43. The van der Waals surface area contributed by atoms with Crippen LogP contribution in [0.1, 0.15) is 91.2 Å². The second kappa shape index (κ2) is 28.2. The van der Waals surface area contributed by atoms with Gasteiger partial charge in [0.25, 0.3) is 5.91 Å². The zero-order valence-electron chi connectivity index (χ0n) is 51.0. The minimum atomic E-state index is -1.78. The van der Waals surface area contributed by atoms with E-state index in [0.29, 0.717) is 83.4 Å². The van der Waals surface area contributed by atoms with Crippen LogP contribution in [-0.4, -0.2) is 153 Å². The van der Waals surface area contributed by atoms with Gasteiger partial charge in [0.1, 0.15) is 40.5 Å². The van der Waals surface area contributed by atoms with Gasteiger partial charge >= 0.3 is 6.01 Å². The largest absolute Gasteiger partial charge is 0.508 e. The molecule has 10 rings (SSSR count). The van der Waals surface area contributed by atoms with Gasteiger partial charge in [0.2, 0.25) is 5.91 Å². The average Bonchev–Trinajstić information content (AvgIpc) is 1.60. The Hall–Kier alpha value is -7.44. The van der Waals surface area contributed by atoms with E-state index in [9.17, 15) is 24.8 Å². The zero-order valence-corrected chi connectivity index (χ0v) is 52.5. The number of halogens is 4. The van der Waals surface area contributed by atoms with E-state index in [1.807, 2.05) is 52.0 Å². The molecule has 4 aliphatic heterocycles. The molecule has 3 fully saturated rings. The monoisotopic (exact) mass is 1260 g/mol. The fourth-order valence-electron chi connectivity index (χ4n) is 13.2. The molecule has 5 heterocycles. The van der Waals surface area contributed by atoms with Crippen molar-refractivity contribution in [1.82, 2.24) is 30.4 Å². The number of amides is 2. The maximum absolute atomic E-state index is 16.3. The summed E-state index contributed by atoms with van der Waals surface area (Å²) in [6, 6.07) is 25.5. The normalized spacial score (nSPS) is 20.2. The number of ether oxygens (including phenoxy) is 4. The molecule has 0 aliphatic carbocycles. The summed E-state index contributed by atoms with van der Waals surface area (Å²) in [5.74, 6) is -2.34. The summed E-state index contributed by atoms with van der Waals surface area (Å²) < 4.78 is 56.8. The van der Waals surface area contributed by atoms with E-state index in [2.05, 4.69) is 44.0 Å². The number of likely N-dealkylation sites (tertiary alicyclic amines) is 1. The molecule has 89 heavy (non-hydrogen) atoms. The summed E-state index contributed by atoms with van der Waals surface area (Å²) in [5.41, 5.74) is 1.41. The van der Waals surface area contributed by atoms with Crippen molar-refractivity contribution in [2.45, 2.75) is 102 Å². The highest BCUT2D eigenvalue weighted by Crippen LogP contribution is 2.53. The molecule has 6 aromatic rings. The number of aromatic hydroxyl groups is 1. The van der Waals surface area contributed by atoms with E-state index in [0.717, 1.165) is 65.5 Å². The number of nitriles is 1. The lowest BCUT2D eigenvalue weighted by molar-refractivity contribution is -0.126. The minimum absolute atomic E-state index is 0.00565. The third-order valence-corrected chi connectivity index (χ3v) is 18.0. The van der Waals surface area contributed by atoms with Crippen molar-refractivity contribution in [2.24, 2.45) is 5.41 Å².